The van der Waals surface area contributed by atoms with Gasteiger partial charge in [0.15, 0.2) is 17.3 Å². The van der Waals surface area contributed by atoms with Crippen molar-refractivity contribution in [2.24, 2.45) is 5.10 Å². The van der Waals surface area contributed by atoms with E-state index in [-0.39, 0.29) is 45.5 Å². The van der Waals surface area contributed by atoms with Gasteiger partial charge < -0.3 is 14.6 Å². The molecule has 13 heteroatoms. The highest BCUT2D eigenvalue weighted by molar-refractivity contribution is 9.10. The SMILES string of the molecule is COc1cc(C=Nn2c(-c3cccc(C(F)(F)F)c3)nc3ccccc3c2=O)c(Br)c(Cl)c1OCc1ccc(C(=O)O)cc1. The van der Waals surface area contributed by atoms with Gasteiger partial charge in [0.05, 0.1) is 35.4 Å². The van der Waals surface area contributed by atoms with Gasteiger partial charge in [0.1, 0.15) is 11.6 Å². The Morgan fingerprint density at radius 2 is 1.82 bits per heavy atom. The molecule has 8 nitrogen and oxygen atoms in total. The molecular formula is C31H20BrClF3N3O5. The fourth-order valence-corrected chi connectivity index (χ4v) is 4.91. The van der Waals surface area contributed by atoms with E-state index in [0.717, 1.165) is 16.8 Å². The van der Waals surface area contributed by atoms with Crippen molar-refractivity contribution in [3.63, 3.8) is 0 Å². The van der Waals surface area contributed by atoms with E-state index in [0.29, 0.717) is 21.1 Å². The topological polar surface area (TPSA) is 103 Å². The molecule has 0 spiro atoms. The molecule has 0 bridgehead atoms. The number of ether oxygens (including phenoxy) is 2. The number of alkyl halides is 3. The van der Waals surface area contributed by atoms with Crippen molar-refractivity contribution in [3.8, 4) is 22.9 Å². The lowest BCUT2D eigenvalue weighted by Gasteiger charge is -2.15. The molecule has 0 aliphatic carbocycles. The minimum Gasteiger partial charge on any atom is -0.493 e. The quantitative estimate of drug-likeness (QED) is 0.168. The Morgan fingerprint density at radius 3 is 2.50 bits per heavy atom. The molecule has 1 heterocycles. The van der Waals surface area contributed by atoms with E-state index in [2.05, 4.69) is 26.0 Å². The molecule has 1 aromatic heterocycles. The molecular weight excluding hydrogens is 667 g/mol. The first-order chi connectivity index (χ1) is 21.0. The summed E-state index contributed by atoms with van der Waals surface area (Å²) < 4.78 is 53.1. The van der Waals surface area contributed by atoms with Gasteiger partial charge in [-0.1, -0.05) is 48.0 Å². The second-order valence-corrected chi connectivity index (χ2v) is 10.5. The number of carboxylic acid groups (broad SMARTS) is 1. The average Bonchev–Trinajstić information content (AvgIpc) is 3.01. The summed E-state index contributed by atoms with van der Waals surface area (Å²) in [4.78, 5) is 29.1. The Morgan fingerprint density at radius 1 is 1.09 bits per heavy atom. The summed E-state index contributed by atoms with van der Waals surface area (Å²) in [6.07, 6.45) is -3.31. The molecule has 1 N–H and O–H groups in total. The van der Waals surface area contributed by atoms with Gasteiger partial charge in [0.2, 0.25) is 0 Å². The Bertz CT molecular complexity index is 1980. The van der Waals surface area contributed by atoms with Crippen molar-refractivity contribution >= 4 is 50.6 Å². The molecule has 0 amide bonds. The summed E-state index contributed by atoms with van der Waals surface area (Å²) in [5.74, 6) is -0.732. The summed E-state index contributed by atoms with van der Waals surface area (Å²) in [6.45, 7) is 0.0500. The lowest BCUT2D eigenvalue weighted by molar-refractivity contribution is -0.137. The number of nitrogens with zero attached hydrogens (tertiary/aromatic N) is 3. The van der Waals surface area contributed by atoms with Crippen LogP contribution >= 0.6 is 27.5 Å². The van der Waals surface area contributed by atoms with E-state index >= 15 is 0 Å². The second kappa shape index (κ2) is 12.5. The predicted molar refractivity (Wildman–Crippen MR) is 163 cm³/mol. The van der Waals surface area contributed by atoms with Crippen LogP contribution in [0.4, 0.5) is 13.2 Å². The normalized spacial score (nSPS) is 11.7. The third-order valence-corrected chi connectivity index (χ3v) is 7.92. The number of rotatable bonds is 8. The summed E-state index contributed by atoms with van der Waals surface area (Å²) in [5.41, 5.74) is 0.00635. The second-order valence-electron chi connectivity index (χ2n) is 9.31. The molecule has 0 radical (unpaired) electrons. The minimum absolute atomic E-state index is 0.0367. The first-order valence-corrected chi connectivity index (χ1v) is 13.9. The molecule has 0 fully saturated rings. The lowest BCUT2D eigenvalue weighted by atomic mass is 10.1. The van der Waals surface area contributed by atoms with Gasteiger partial charge in [0.25, 0.3) is 5.56 Å². The van der Waals surface area contributed by atoms with Crippen LogP contribution in [-0.4, -0.2) is 34.1 Å². The molecule has 0 aliphatic rings. The first kappa shape index (κ1) is 30.8. The largest absolute Gasteiger partial charge is 0.493 e. The van der Waals surface area contributed by atoms with Crippen molar-refractivity contribution < 1.29 is 32.5 Å². The van der Waals surface area contributed by atoms with Crippen LogP contribution in [0.3, 0.4) is 0 Å². The fraction of sp³-hybridized carbons (Fsp3) is 0.0968. The number of aromatic carboxylic acids is 1. The molecule has 224 valence electrons. The zero-order chi connectivity index (χ0) is 31.6. The van der Waals surface area contributed by atoms with Gasteiger partial charge >= 0.3 is 12.1 Å². The molecule has 5 rings (SSSR count). The van der Waals surface area contributed by atoms with E-state index in [1.54, 1.807) is 42.5 Å². The molecule has 0 atom stereocenters. The van der Waals surface area contributed by atoms with Crippen LogP contribution in [0.25, 0.3) is 22.3 Å². The molecule has 0 unspecified atom stereocenters. The van der Waals surface area contributed by atoms with Crippen molar-refractivity contribution in [1.29, 1.82) is 0 Å². The highest BCUT2D eigenvalue weighted by Crippen LogP contribution is 2.42. The van der Waals surface area contributed by atoms with Crippen LogP contribution in [0.1, 0.15) is 27.0 Å². The van der Waals surface area contributed by atoms with E-state index < -0.39 is 23.3 Å². The van der Waals surface area contributed by atoms with E-state index in [4.69, 9.17) is 26.2 Å². The van der Waals surface area contributed by atoms with Crippen LogP contribution in [-0.2, 0) is 12.8 Å². The van der Waals surface area contributed by atoms with Crippen molar-refractivity contribution in [2.45, 2.75) is 12.8 Å². The summed E-state index contributed by atoms with van der Waals surface area (Å²) >= 11 is 10.0. The maximum absolute atomic E-state index is 13.5. The molecule has 44 heavy (non-hydrogen) atoms. The summed E-state index contributed by atoms with van der Waals surface area (Å²) in [7, 11) is 1.40. The minimum atomic E-state index is -4.61. The van der Waals surface area contributed by atoms with Crippen LogP contribution < -0.4 is 15.0 Å². The number of halogens is 5. The summed E-state index contributed by atoms with van der Waals surface area (Å²) in [5, 5.41) is 13.8. The molecule has 0 aliphatic heterocycles. The summed E-state index contributed by atoms with van der Waals surface area (Å²) in [6, 6.07) is 18.6. The van der Waals surface area contributed by atoms with Gasteiger partial charge in [-0.3, -0.25) is 4.79 Å². The lowest BCUT2D eigenvalue weighted by Crippen LogP contribution is -2.20. The maximum Gasteiger partial charge on any atom is 0.416 e. The van der Waals surface area contributed by atoms with Crippen LogP contribution in [0, 0.1) is 0 Å². The van der Waals surface area contributed by atoms with Gasteiger partial charge in [-0.2, -0.15) is 22.9 Å². The van der Waals surface area contributed by atoms with Crippen molar-refractivity contribution in [2.75, 3.05) is 7.11 Å². The van der Waals surface area contributed by atoms with Crippen molar-refractivity contribution in [1.82, 2.24) is 9.66 Å². The standard InChI is InChI=1S/C31H20BrClF3N3O5/c1-43-24-14-20(25(32)26(33)27(24)44-16-17-9-11-18(12-10-17)30(41)42)15-37-39-28(19-5-4-6-21(13-19)31(34,35)36)38-23-8-3-2-7-22(23)29(39)40/h2-15H,16H2,1H3,(H,41,42). The molecule has 0 saturated carbocycles. The first-order valence-electron chi connectivity index (χ1n) is 12.7. The highest BCUT2D eigenvalue weighted by atomic mass is 79.9. The Balaban J connectivity index is 1.55. The molecule has 4 aromatic carbocycles. The van der Waals surface area contributed by atoms with E-state index in [1.165, 1.54) is 37.6 Å². The van der Waals surface area contributed by atoms with Gasteiger partial charge in [-0.25, -0.2) is 9.78 Å². The Kier molecular flexibility index (Phi) is 8.75. The number of benzene rings is 4. The molecule has 0 saturated heterocycles. The maximum atomic E-state index is 13.5. The number of fused-ring (bicyclic) bond motifs is 1. The average molecular weight is 687 g/mol. The zero-order valence-electron chi connectivity index (χ0n) is 22.6. The monoisotopic (exact) mass is 685 g/mol. The number of aromatic nitrogens is 2. The number of para-hydroxylation sites is 1. The fourth-order valence-electron chi connectivity index (χ4n) is 4.26. The van der Waals surface area contributed by atoms with Crippen LogP contribution in [0.5, 0.6) is 11.5 Å². The number of carboxylic acids is 1. The number of carbonyl (C=O) groups is 1. The van der Waals surface area contributed by atoms with Gasteiger partial charge in [-0.15, -0.1) is 0 Å². The Hall–Kier alpha value is -4.68. The molecule has 5 aromatic rings. The third-order valence-electron chi connectivity index (χ3n) is 6.47. The zero-order valence-corrected chi connectivity index (χ0v) is 24.9. The highest BCUT2D eigenvalue weighted by Gasteiger charge is 2.31. The third kappa shape index (κ3) is 6.31. The van der Waals surface area contributed by atoms with Gasteiger partial charge in [0, 0.05) is 15.6 Å². The number of methoxy groups -OCH3 is 1. The van der Waals surface area contributed by atoms with Crippen LogP contribution in [0.2, 0.25) is 5.02 Å². The Labute approximate surface area is 261 Å². The van der Waals surface area contributed by atoms with Crippen LogP contribution in [0.15, 0.2) is 93.2 Å². The number of hydrogen-bond acceptors (Lipinski definition) is 6. The number of hydrogen-bond donors (Lipinski definition) is 1. The van der Waals surface area contributed by atoms with Gasteiger partial charge in [-0.05, 0) is 64.0 Å². The van der Waals surface area contributed by atoms with E-state index in [1.807, 2.05) is 0 Å². The predicted octanol–water partition coefficient (Wildman–Crippen LogP) is 7.67. The van der Waals surface area contributed by atoms with E-state index in [9.17, 15) is 22.8 Å². The smallest absolute Gasteiger partial charge is 0.416 e. The van der Waals surface area contributed by atoms with Crippen molar-refractivity contribution in [3.05, 3.63) is 121 Å².